The van der Waals surface area contributed by atoms with Crippen LogP contribution in [0.2, 0.25) is 0 Å². The maximum atomic E-state index is 2.86. The SMILES string of the molecule is CCCCC1CC2CCCCN2C2CCCN12. The highest BCUT2D eigenvalue weighted by molar-refractivity contribution is 4.96. The van der Waals surface area contributed by atoms with Crippen molar-refractivity contribution >= 4 is 0 Å². The van der Waals surface area contributed by atoms with E-state index in [1.165, 1.54) is 70.9 Å². The molecule has 0 aliphatic carbocycles. The molecule has 3 rings (SSSR count). The van der Waals surface area contributed by atoms with Gasteiger partial charge in [-0.15, -0.1) is 0 Å². The number of nitrogens with zero attached hydrogens (tertiary/aromatic N) is 2. The molecule has 0 N–H and O–H groups in total. The van der Waals surface area contributed by atoms with E-state index in [1.54, 1.807) is 0 Å². The van der Waals surface area contributed by atoms with Crippen molar-refractivity contribution < 1.29 is 0 Å². The highest BCUT2D eigenvalue weighted by Crippen LogP contribution is 2.37. The van der Waals surface area contributed by atoms with Crippen molar-refractivity contribution in [2.75, 3.05) is 13.1 Å². The predicted octanol–water partition coefficient (Wildman–Crippen LogP) is 3.23. The smallest absolute Gasteiger partial charge is 0.0627 e. The highest BCUT2D eigenvalue weighted by atomic mass is 15.4. The molecule has 0 aromatic rings. The summed E-state index contributed by atoms with van der Waals surface area (Å²) in [6.45, 7) is 5.09. The first-order valence-corrected chi connectivity index (χ1v) is 7.91. The molecule has 0 aromatic carbocycles. The summed E-state index contributed by atoms with van der Waals surface area (Å²) in [5.74, 6) is 0. The zero-order valence-corrected chi connectivity index (χ0v) is 11.4. The minimum Gasteiger partial charge on any atom is -0.285 e. The molecule has 3 fully saturated rings. The van der Waals surface area contributed by atoms with Crippen LogP contribution in [0.5, 0.6) is 0 Å². The van der Waals surface area contributed by atoms with Crippen LogP contribution in [0, 0.1) is 0 Å². The summed E-state index contributed by atoms with van der Waals surface area (Å²) in [6, 6.07) is 1.85. The van der Waals surface area contributed by atoms with E-state index < -0.39 is 0 Å². The van der Waals surface area contributed by atoms with Gasteiger partial charge < -0.3 is 0 Å². The lowest BCUT2D eigenvalue weighted by atomic mass is 9.89. The average Bonchev–Trinajstić information content (AvgIpc) is 2.85. The van der Waals surface area contributed by atoms with Crippen LogP contribution in [0.15, 0.2) is 0 Å². The van der Waals surface area contributed by atoms with Gasteiger partial charge in [0.05, 0.1) is 6.17 Å². The van der Waals surface area contributed by atoms with Gasteiger partial charge in [-0.25, -0.2) is 0 Å². The summed E-state index contributed by atoms with van der Waals surface area (Å²) in [5, 5.41) is 0. The minimum atomic E-state index is 0.830. The van der Waals surface area contributed by atoms with Crippen LogP contribution in [-0.4, -0.2) is 41.1 Å². The molecule has 3 saturated heterocycles. The third-order valence-electron chi connectivity index (χ3n) is 5.22. The van der Waals surface area contributed by atoms with Gasteiger partial charge in [-0.2, -0.15) is 0 Å². The number of piperidine rings is 1. The Morgan fingerprint density at radius 1 is 1.00 bits per heavy atom. The second kappa shape index (κ2) is 5.27. The van der Waals surface area contributed by atoms with Gasteiger partial charge in [0.25, 0.3) is 0 Å². The van der Waals surface area contributed by atoms with Crippen LogP contribution in [-0.2, 0) is 0 Å². The molecule has 0 radical (unpaired) electrons. The summed E-state index contributed by atoms with van der Waals surface area (Å²) in [6.07, 6.45) is 13.8. The summed E-state index contributed by atoms with van der Waals surface area (Å²) < 4.78 is 0. The van der Waals surface area contributed by atoms with E-state index in [1.807, 2.05) is 0 Å². The average molecular weight is 236 g/mol. The first kappa shape index (κ1) is 12.0. The first-order valence-electron chi connectivity index (χ1n) is 7.91. The van der Waals surface area contributed by atoms with Crippen molar-refractivity contribution in [2.45, 2.75) is 83.0 Å². The molecule has 3 atom stereocenters. The standard InChI is InChI=1S/C15H28N2/c1-2-3-7-13-12-14-8-4-5-10-16(14)15-9-6-11-17(13)15/h13-15H,2-12H2,1H3. The van der Waals surface area contributed by atoms with Crippen molar-refractivity contribution in [1.82, 2.24) is 9.80 Å². The quantitative estimate of drug-likeness (QED) is 0.742. The largest absolute Gasteiger partial charge is 0.285 e. The Bertz CT molecular complexity index is 253. The van der Waals surface area contributed by atoms with Crippen LogP contribution in [0.3, 0.4) is 0 Å². The molecule has 3 aliphatic rings. The van der Waals surface area contributed by atoms with E-state index in [9.17, 15) is 0 Å². The molecular weight excluding hydrogens is 208 g/mol. The highest BCUT2D eigenvalue weighted by Gasteiger charge is 2.43. The summed E-state index contributed by atoms with van der Waals surface area (Å²) in [5.41, 5.74) is 0. The molecule has 3 aliphatic heterocycles. The van der Waals surface area contributed by atoms with Crippen LogP contribution >= 0.6 is 0 Å². The van der Waals surface area contributed by atoms with E-state index in [0.29, 0.717) is 0 Å². The summed E-state index contributed by atoms with van der Waals surface area (Å²) in [4.78, 5) is 5.72. The monoisotopic (exact) mass is 236 g/mol. The van der Waals surface area contributed by atoms with Gasteiger partial charge in [0, 0.05) is 18.6 Å². The fourth-order valence-electron chi connectivity index (χ4n) is 4.39. The van der Waals surface area contributed by atoms with E-state index >= 15 is 0 Å². The maximum Gasteiger partial charge on any atom is 0.0627 e. The van der Waals surface area contributed by atoms with Gasteiger partial charge >= 0.3 is 0 Å². The number of hydrogen-bond donors (Lipinski definition) is 0. The van der Waals surface area contributed by atoms with Crippen molar-refractivity contribution in [1.29, 1.82) is 0 Å². The summed E-state index contributed by atoms with van der Waals surface area (Å²) >= 11 is 0. The Balaban J connectivity index is 1.70. The maximum absolute atomic E-state index is 2.86. The zero-order chi connectivity index (χ0) is 11.7. The molecule has 0 aromatic heterocycles. The molecule has 0 saturated carbocycles. The first-order chi connectivity index (χ1) is 8.40. The van der Waals surface area contributed by atoms with Crippen LogP contribution in [0.4, 0.5) is 0 Å². The second-order valence-corrected chi connectivity index (χ2v) is 6.28. The molecule has 0 bridgehead atoms. The molecule has 2 heteroatoms. The molecule has 0 spiro atoms. The van der Waals surface area contributed by atoms with E-state index in [4.69, 9.17) is 0 Å². The Labute approximate surface area is 106 Å². The topological polar surface area (TPSA) is 6.48 Å². The van der Waals surface area contributed by atoms with Gasteiger partial charge in [0.2, 0.25) is 0 Å². The molecule has 3 unspecified atom stereocenters. The van der Waals surface area contributed by atoms with Gasteiger partial charge in [0.15, 0.2) is 0 Å². The van der Waals surface area contributed by atoms with Crippen LogP contribution in [0.1, 0.15) is 64.7 Å². The van der Waals surface area contributed by atoms with Crippen LogP contribution in [0.25, 0.3) is 0 Å². The third kappa shape index (κ3) is 2.26. The molecule has 2 nitrogen and oxygen atoms in total. The molecule has 98 valence electrons. The molecule has 17 heavy (non-hydrogen) atoms. The fraction of sp³-hybridized carbons (Fsp3) is 1.00. The van der Waals surface area contributed by atoms with E-state index in [0.717, 1.165) is 18.2 Å². The molecule has 3 heterocycles. The third-order valence-corrected chi connectivity index (χ3v) is 5.22. The van der Waals surface area contributed by atoms with Crippen molar-refractivity contribution in [3.05, 3.63) is 0 Å². The molecule has 0 amide bonds. The van der Waals surface area contributed by atoms with Crippen LogP contribution < -0.4 is 0 Å². The number of rotatable bonds is 3. The lowest BCUT2D eigenvalue weighted by molar-refractivity contribution is -0.0610. The lowest BCUT2D eigenvalue weighted by Crippen LogP contribution is -2.60. The van der Waals surface area contributed by atoms with Crippen molar-refractivity contribution in [3.8, 4) is 0 Å². The lowest BCUT2D eigenvalue weighted by Gasteiger charge is -2.51. The summed E-state index contributed by atoms with van der Waals surface area (Å²) in [7, 11) is 0. The van der Waals surface area contributed by atoms with Gasteiger partial charge in [-0.3, -0.25) is 9.80 Å². The van der Waals surface area contributed by atoms with Crippen molar-refractivity contribution in [3.63, 3.8) is 0 Å². The van der Waals surface area contributed by atoms with Crippen molar-refractivity contribution in [2.24, 2.45) is 0 Å². The van der Waals surface area contributed by atoms with Gasteiger partial charge in [-0.05, 0) is 45.1 Å². The van der Waals surface area contributed by atoms with Gasteiger partial charge in [-0.1, -0.05) is 26.2 Å². The minimum absolute atomic E-state index is 0.830. The Kier molecular flexibility index (Phi) is 3.72. The van der Waals surface area contributed by atoms with E-state index in [2.05, 4.69) is 16.7 Å². The van der Waals surface area contributed by atoms with Gasteiger partial charge in [0.1, 0.15) is 0 Å². The predicted molar refractivity (Wildman–Crippen MR) is 72.0 cm³/mol. The fourth-order valence-corrected chi connectivity index (χ4v) is 4.39. The number of hydrogen-bond acceptors (Lipinski definition) is 2. The second-order valence-electron chi connectivity index (χ2n) is 6.28. The Morgan fingerprint density at radius 3 is 2.76 bits per heavy atom. The normalized spacial score (nSPS) is 39.0. The molecular formula is C15H28N2. The Hall–Kier alpha value is -0.0800. The number of unbranched alkanes of at least 4 members (excludes halogenated alkanes) is 1. The number of fused-ring (bicyclic) bond motifs is 3. The van der Waals surface area contributed by atoms with E-state index in [-0.39, 0.29) is 0 Å². The zero-order valence-electron chi connectivity index (χ0n) is 11.4. The Morgan fingerprint density at radius 2 is 1.88 bits per heavy atom.